The molecule has 0 heterocycles. The number of carbonyl (C=O) groups excluding carboxylic acids is 1. The molecule has 1 N–H and O–H groups in total. The maximum Gasteiger partial charge on any atom is 0.235 e. The molecule has 1 rings (SSSR count). The van der Waals surface area contributed by atoms with Gasteiger partial charge >= 0.3 is 0 Å². The van der Waals surface area contributed by atoms with Crippen LogP contribution in [-0.4, -0.2) is 11.2 Å². The van der Waals surface area contributed by atoms with E-state index in [9.17, 15) is 9.90 Å². The molecule has 0 atom stereocenters. The third kappa shape index (κ3) is 2.17. The van der Waals surface area contributed by atoms with Crippen LogP contribution in [0.5, 0.6) is 5.75 Å². The summed E-state index contributed by atoms with van der Waals surface area (Å²) in [5.74, 6) is 0.191. The summed E-state index contributed by atoms with van der Waals surface area (Å²) in [6.45, 7) is 3.98. The molecule has 0 bridgehead atoms. The van der Waals surface area contributed by atoms with Gasteiger partial charge in [-0.15, -0.1) is 0 Å². The Kier molecular flexibility index (Phi) is 2.83. The fourth-order valence-electron chi connectivity index (χ4n) is 1.29. The fraction of sp³-hybridized carbons (Fsp3) is 0.300. The summed E-state index contributed by atoms with van der Waals surface area (Å²) in [6, 6.07) is 3.60. The zero-order valence-corrected chi connectivity index (χ0v) is 7.66. The molecule has 1 aromatic carbocycles. The van der Waals surface area contributed by atoms with Crippen molar-refractivity contribution in [3.8, 4) is 5.75 Å². The molecule has 0 aromatic heterocycles. The Morgan fingerprint density at radius 3 is 2.69 bits per heavy atom. The van der Waals surface area contributed by atoms with Crippen molar-refractivity contribution in [1.82, 2.24) is 0 Å². The second-order valence-corrected chi connectivity index (χ2v) is 2.99. The van der Waals surface area contributed by atoms with Crippen molar-refractivity contribution in [2.45, 2.75) is 20.4 Å². The number of aryl methyl sites for hydroxylation is 2. The minimum atomic E-state index is 0.191. The lowest BCUT2D eigenvalue weighted by Crippen LogP contribution is -1.89. The first-order chi connectivity index (χ1) is 6.15. The quantitative estimate of drug-likeness (QED) is 0.553. The predicted octanol–water partition coefficient (Wildman–Crippen LogP) is 1.84. The van der Waals surface area contributed by atoms with E-state index >= 15 is 0 Å². The van der Waals surface area contributed by atoms with E-state index in [1.165, 1.54) is 6.08 Å². The summed E-state index contributed by atoms with van der Waals surface area (Å²) >= 11 is 0. The molecule has 68 valence electrons. The number of aliphatic imine (C=N–C) groups is 1. The van der Waals surface area contributed by atoms with Crippen LogP contribution >= 0.6 is 0 Å². The van der Waals surface area contributed by atoms with Crippen LogP contribution in [0.3, 0.4) is 0 Å². The highest BCUT2D eigenvalue weighted by Gasteiger charge is 2.04. The molecule has 1 aromatic rings. The molecule has 0 radical (unpaired) electrons. The van der Waals surface area contributed by atoms with E-state index in [1.54, 1.807) is 6.07 Å². The smallest absolute Gasteiger partial charge is 0.235 e. The fourth-order valence-corrected chi connectivity index (χ4v) is 1.29. The van der Waals surface area contributed by atoms with E-state index in [0.29, 0.717) is 5.56 Å². The van der Waals surface area contributed by atoms with Gasteiger partial charge in [0.15, 0.2) is 0 Å². The molecule has 0 saturated carbocycles. The molecule has 3 nitrogen and oxygen atoms in total. The number of rotatable bonds is 2. The van der Waals surface area contributed by atoms with Crippen molar-refractivity contribution in [1.29, 1.82) is 0 Å². The molecule has 3 heteroatoms. The Hall–Kier alpha value is -1.60. The van der Waals surface area contributed by atoms with Gasteiger partial charge in [0, 0.05) is 5.56 Å². The highest BCUT2D eigenvalue weighted by Crippen LogP contribution is 2.23. The van der Waals surface area contributed by atoms with Gasteiger partial charge < -0.3 is 5.11 Å². The van der Waals surface area contributed by atoms with Crippen molar-refractivity contribution in [3.63, 3.8) is 0 Å². The van der Waals surface area contributed by atoms with Gasteiger partial charge in [-0.1, -0.05) is 6.07 Å². The van der Waals surface area contributed by atoms with Crippen LogP contribution in [0.15, 0.2) is 17.1 Å². The molecule has 0 saturated heterocycles. The number of hydrogen-bond acceptors (Lipinski definition) is 3. The first-order valence-electron chi connectivity index (χ1n) is 3.98. The largest absolute Gasteiger partial charge is 0.508 e. The molecule has 13 heavy (non-hydrogen) atoms. The van der Waals surface area contributed by atoms with Gasteiger partial charge in [-0.05, 0) is 31.0 Å². The molecular weight excluding hydrogens is 166 g/mol. The maximum absolute atomic E-state index is 9.89. The topological polar surface area (TPSA) is 49.7 Å². The Bertz CT molecular complexity index is 342. The Labute approximate surface area is 76.7 Å². The average molecular weight is 177 g/mol. The van der Waals surface area contributed by atoms with E-state index in [2.05, 4.69) is 4.99 Å². The monoisotopic (exact) mass is 177 g/mol. The Balaban J connectivity index is 3.12. The highest BCUT2D eigenvalue weighted by atomic mass is 16.3. The van der Waals surface area contributed by atoms with Crippen LogP contribution in [-0.2, 0) is 11.3 Å². The minimum Gasteiger partial charge on any atom is -0.508 e. The summed E-state index contributed by atoms with van der Waals surface area (Å²) in [7, 11) is 0. The zero-order valence-electron chi connectivity index (χ0n) is 7.66. The summed E-state index contributed by atoms with van der Waals surface area (Å²) in [5.41, 5.74) is 2.62. The van der Waals surface area contributed by atoms with Crippen LogP contribution in [0, 0.1) is 13.8 Å². The van der Waals surface area contributed by atoms with Crippen LogP contribution in [0.1, 0.15) is 16.7 Å². The molecule has 0 aliphatic heterocycles. The van der Waals surface area contributed by atoms with Gasteiger partial charge in [0.25, 0.3) is 0 Å². The van der Waals surface area contributed by atoms with E-state index in [-0.39, 0.29) is 12.3 Å². The van der Waals surface area contributed by atoms with Crippen LogP contribution in [0.2, 0.25) is 0 Å². The number of phenolic OH excluding ortho intramolecular Hbond substituents is 1. The third-order valence-electron chi connectivity index (χ3n) is 1.90. The van der Waals surface area contributed by atoms with Gasteiger partial charge in [-0.25, -0.2) is 9.79 Å². The standard InChI is InChI=1S/C10H11NO2/c1-7-3-8(2)9(5-11-6-12)10(13)4-7/h3-4,13H,5H2,1-2H3. The zero-order chi connectivity index (χ0) is 9.84. The maximum atomic E-state index is 9.89. The van der Waals surface area contributed by atoms with E-state index < -0.39 is 0 Å². The number of benzene rings is 1. The van der Waals surface area contributed by atoms with Crippen molar-refractivity contribution < 1.29 is 9.90 Å². The third-order valence-corrected chi connectivity index (χ3v) is 1.90. The van der Waals surface area contributed by atoms with Crippen LogP contribution < -0.4 is 0 Å². The number of aromatic hydroxyl groups is 1. The summed E-state index contributed by atoms with van der Waals surface area (Å²) < 4.78 is 0. The van der Waals surface area contributed by atoms with Gasteiger partial charge in [-0.2, -0.15) is 0 Å². The predicted molar refractivity (Wildman–Crippen MR) is 49.4 cm³/mol. The van der Waals surface area contributed by atoms with Gasteiger partial charge in [-0.3, -0.25) is 0 Å². The average Bonchev–Trinajstić information content (AvgIpc) is 2.02. The number of nitrogens with zero attached hydrogens (tertiary/aromatic N) is 1. The summed E-state index contributed by atoms with van der Waals surface area (Å²) in [4.78, 5) is 13.3. The van der Waals surface area contributed by atoms with E-state index in [4.69, 9.17) is 0 Å². The van der Waals surface area contributed by atoms with Crippen molar-refractivity contribution in [2.24, 2.45) is 4.99 Å². The minimum absolute atomic E-state index is 0.191. The van der Waals surface area contributed by atoms with E-state index in [0.717, 1.165) is 11.1 Å². The van der Waals surface area contributed by atoms with Gasteiger partial charge in [0.2, 0.25) is 6.08 Å². The second kappa shape index (κ2) is 3.87. The van der Waals surface area contributed by atoms with Crippen molar-refractivity contribution >= 4 is 6.08 Å². The summed E-state index contributed by atoms with van der Waals surface area (Å²) in [6.07, 6.45) is 1.45. The van der Waals surface area contributed by atoms with E-state index in [1.807, 2.05) is 19.9 Å². The SMILES string of the molecule is Cc1cc(C)c(CN=C=O)c(O)c1. The normalized spacial score (nSPS) is 9.38. The molecule has 0 fully saturated rings. The lowest BCUT2D eigenvalue weighted by Gasteiger charge is -2.06. The van der Waals surface area contributed by atoms with Gasteiger partial charge in [0.05, 0.1) is 6.54 Å². The van der Waals surface area contributed by atoms with Crippen LogP contribution in [0.25, 0.3) is 0 Å². The Morgan fingerprint density at radius 2 is 2.15 bits per heavy atom. The molecule has 0 amide bonds. The summed E-state index contributed by atoms with van der Waals surface area (Å²) in [5, 5.41) is 9.51. The van der Waals surface area contributed by atoms with Crippen molar-refractivity contribution in [2.75, 3.05) is 0 Å². The highest BCUT2D eigenvalue weighted by molar-refractivity contribution is 5.43. The molecule has 0 unspecified atom stereocenters. The molecule has 0 spiro atoms. The number of isocyanates is 1. The molecular formula is C10H11NO2. The van der Waals surface area contributed by atoms with Crippen LogP contribution in [0.4, 0.5) is 0 Å². The number of phenols is 1. The first kappa shape index (κ1) is 9.49. The lowest BCUT2D eigenvalue weighted by molar-refractivity contribution is 0.467. The Morgan fingerprint density at radius 1 is 1.46 bits per heavy atom. The molecule has 0 aliphatic carbocycles. The lowest BCUT2D eigenvalue weighted by atomic mass is 10.0. The number of hydrogen-bond donors (Lipinski definition) is 1. The second-order valence-electron chi connectivity index (χ2n) is 2.99. The van der Waals surface area contributed by atoms with Crippen molar-refractivity contribution in [3.05, 3.63) is 28.8 Å². The molecule has 0 aliphatic rings. The first-order valence-corrected chi connectivity index (χ1v) is 3.98. The van der Waals surface area contributed by atoms with Gasteiger partial charge in [0.1, 0.15) is 5.75 Å².